The summed E-state index contributed by atoms with van der Waals surface area (Å²) in [6.45, 7) is 0. The molecule has 1 aliphatic rings. The van der Waals surface area contributed by atoms with Gasteiger partial charge >= 0.3 is 0 Å². The van der Waals surface area contributed by atoms with Crippen molar-refractivity contribution in [1.82, 2.24) is 0 Å². The molecule has 0 radical (unpaired) electrons. The molecule has 1 aromatic heterocycles. The van der Waals surface area contributed by atoms with E-state index in [2.05, 4.69) is 199 Å². The Balaban J connectivity index is 0.957. The number of para-hydroxylation sites is 2. The molecule has 1 aliphatic carbocycles. The third kappa shape index (κ3) is 6.60. The van der Waals surface area contributed by atoms with E-state index in [-0.39, 0.29) is 0 Å². The second kappa shape index (κ2) is 14.3. The minimum atomic E-state index is 1.01. The molecule has 9 aromatic rings. The Morgan fingerprint density at radius 1 is 0.418 bits per heavy atom. The van der Waals surface area contributed by atoms with Crippen molar-refractivity contribution in [2.45, 2.75) is 12.8 Å². The summed E-state index contributed by atoms with van der Waals surface area (Å²) in [4.78, 5) is 0. The van der Waals surface area contributed by atoms with E-state index < -0.39 is 0 Å². The second-order valence-electron chi connectivity index (χ2n) is 14.2. The first-order chi connectivity index (χ1) is 27.2. The van der Waals surface area contributed by atoms with E-state index in [1.165, 1.54) is 75.5 Å². The molecule has 262 valence electrons. The zero-order chi connectivity index (χ0) is 36.6. The molecule has 10 rings (SSSR count). The van der Waals surface area contributed by atoms with Crippen LogP contribution < -0.4 is 10.6 Å². The van der Waals surface area contributed by atoms with Crippen LogP contribution in [-0.4, -0.2) is 0 Å². The van der Waals surface area contributed by atoms with Crippen LogP contribution in [0.15, 0.2) is 194 Å². The summed E-state index contributed by atoms with van der Waals surface area (Å²) in [6, 6.07) is 63.8. The molecule has 2 N–H and O–H groups in total. The highest BCUT2D eigenvalue weighted by Crippen LogP contribution is 2.39. The van der Waals surface area contributed by atoms with Gasteiger partial charge in [-0.25, -0.2) is 0 Å². The Bertz CT molecular complexity index is 2930. The van der Waals surface area contributed by atoms with Crippen molar-refractivity contribution in [3.8, 4) is 33.4 Å². The number of fused-ring (bicyclic) bond motifs is 4. The minimum Gasteiger partial charge on any atom is -0.355 e. The van der Waals surface area contributed by atoms with E-state index in [4.69, 9.17) is 0 Å². The number of rotatable bonds is 8. The first-order valence-electron chi connectivity index (χ1n) is 19.0. The van der Waals surface area contributed by atoms with Crippen molar-refractivity contribution in [3.63, 3.8) is 0 Å². The molecule has 0 unspecified atom stereocenters. The maximum absolute atomic E-state index is 3.82. The Kier molecular flexibility index (Phi) is 8.55. The zero-order valence-corrected chi connectivity index (χ0v) is 31.1. The van der Waals surface area contributed by atoms with E-state index in [1.807, 2.05) is 17.4 Å². The van der Waals surface area contributed by atoms with Gasteiger partial charge in [-0.1, -0.05) is 121 Å². The molecule has 0 amide bonds. The Morgan fingerprint density at radius 3 is 2.04 bits per heavy atom. The topological polar surface area (TPSA) is 24.1 Å². The summed E-state index contributed by atoms with van der Waals surface area (Å²) in [5, 5.41) is 12.5. The standard InChI is InChI=1S/C52H38N2S/c1-3-12-35(13-4-1)47-33-40(36-14-11-15-42(31-36)45-18-7-9-20-49(45)53-43-16-5-2-6-17-43)25-28-50(47)54-44-27-24-38-30-37(22-23-39(38)32-44)41-26-29-52-48(34-41)46-19-8-10-21-51(46)55-52/h1-3,5-12,14-34,53-54H,4,13H2. The molecule has 1 heterocycles. The van der Waals surface area contributed by atoms with Crippen LogP contribution in [-0.2, 0) is 0 Å². The lowest BCUT2D eigenvalue weighted by Crippen LogP contribution is -1.98. The van der Waals surface area contributed by atoms with Crippen LogP contribution in [0.1, 0.15) is 18.4 Å². The summed E-state index contributed by atoms with van der Waals surface area (Å²) in [5.74, 6) is 0. The fraction of sp³-hybridized carbons (Fsp3) is 0.0385. The molecule has 0 aliphatic heterocycles. The van der Waals surface area contributed by atoms with Gasteiger partial charge < -0.3 is 10.6 Å². The second-order valence-corrected chi connectivity index (χ2v) is 15.3. The smallest absolute Gasteiger partial charge is 0.0463 e. The van der Waals surface area contributed by atoms with Crippen LogP contribution in [0, 0.1) is 0 Å². The Hall–Kier alpha value is -6.68. The number of hydrogen-bond donors (Lipinski definition) is 2. The number of anilines is 4. The molecule has 0 saturated carbocycles. The molecule has 0 atom stereocenters. The first-order valence-corrected chi connectivity index (χ1v) is 19.8. The monoisotopic (exact) mass is 722 g/mol. The average molecular weight is 723 g/mol. The highest BCUT2D eigenvalue weighted by atomic mass is 32.1. The third-order valence-electron chi connectivity index (χ3n) is 10.7. The number of nitrogens with one attached hydrogen (secondary N) is 2. The number of allylic oxidation sites excluding steroid dienone is 4. The Morgan fingerprint density at radius 2 is 1.11 bits per heavy atom. The van der Waals surface area contributed by atoms with Gasteiger partial charge in [0, 0.05) is 54.0 Å². The lowest BCUT2D eigenvalue weighted by molar-refractivity contribution is 1.05. The molecule has 0 spiro atoms. The number of hydrogen-bond acceptors (Lipinski definition) is 3. The largest absolute Gasteiger partial charge is 0.355 e. The molecule has 2 nitrogen and oxygen atoms in total. The van der Waals surface area contributed by atoms with Gasteiger partial charge in [0.15, 0.2) is 0 Å². The summed E-state index contributed by atoms with van der Waals surface area (Å²) >= 11 is 1.86. The highest BCUT2D eigenvalue weighted by molar-refractivity contribution is 7.25. The SMILES string of the molecule is C1=CCCC(c2cc(-c3cccc(-c4ccccc4Nc4ccccc4)c3)ccc2Nc2ccc3cc(-c4ccc5sc6ccccc6c5c4)ccc3c2)=C1. The van der Waals surface area contributed by atoms with Crippen LogP contribution in [0.3, 0.4) is 0 Å². The van der Waals surface area contributed by atoms with E-state index in [1.54, 1.807) is 0 Å². The predicted octanol–water partition coefficient (Wildman–Crippen LogP) is 15.4. The Labute approximate surface area is 325 Å². The summed E-state index contributed by atoms with van der Waals surface area (Å²) in [7, 11) is 0. The average Bonchev–Trinajstić information content (AvgIpc) is 3.63. The summed E-state index contributed by atoms with van der Waals surface area (Å²) in [5.41, 5.74) is 14.2. The molecule has 0 saturated heterocycles. The van der Waals surface area contributed by atoms with Gasteiger partial charge in [-0.05, 0) is 130 Å². The van der Waals surface area contributed by atoms with Gasteiger partial charge in [0.05, 0.1) is 0 Å². The molecular weight excluding hydrogens is 685 g/mol. The van der Waals surface area contributed by atoms with E-state index >= 15 is 0 Å². The minimum absolute atomic E-state index is 1.01. The molecule has 8 aromatic carbocycles. The van der Waals surface area contributed by atoms with Gasteiger partial charge in [-0.3, -0.25) is 0 Å². The zero-order valence-electron chi connectivity index (χ0n) is 30.3. The molecule has 3 heteroatoms. The van der Waals surface area contributed by atoms with Crippen molar-refractivity contribution in [2.24, 2.45) is 0 Å². The molecule has 0 bridgehead atoms. The van der Waals surface area contributed by atoms with Gasteiger partial charge in [0.2, 0.25) is 0 Å². The van der Waals surface area contributed by atoms with Crippen molar-refractivity contribution in [1.29, 1.82) is 0 Å². The van der Waals surface area contributed by atoms with Gasteiger partial charge in [-0.2, -0.15) is 0 Å². The van der Waals surface area contributed by atoms with E-state index in [9.17, 15) is 0 Å². The predicted molar refractivity (Wildman–Crippen MR) is 239 cm³/mol. The van der Waals surface area contributed by atoms with Crippen LogP contribution in [0.2, 0.25) is 0 Å². The van der Waals surface area contributed by atoms with Gasteiger partial charge in [-0.15, -0.1) is 11.3 Å². The summed E-state index contributed by atoms with van der Waals surface area (Å²) in [6.07, 6.45) is 8.78. The normalized spacial score (nSPS) is 12.6. The van der Waals surface area contributed by atoms with Crippen molar-refractivity contribution < 1.29 is 0 Å². The van der Waals surface area contributed by atoms with Crippen molar-refractivity contribution >= 4 is 70.6 Å². The van der Waals surface area contributed by atoms with E-state index in [0.717, 1.165) is 35.6 Å². The van der Waals surface area contributed by atoms with Crippen molar-refractivity contribution in [2.75, 3.05) is 10.6 Å². The summed E-state index contributed by atoms with van der Waals surface area (Å²) < 4.78 is 2.67. The quantitative estimate of drug-likeness (QED) is 0.163. The lowest BCUT2D eigenvalue weighted by atomic mass is 9.91. The fourth-order valence-electron chi connectivity index (χ4n) is 7.88. The maximum Gasteiger partial charge on any atom is 0.0463 e. The molecule has 55 heavy (non-hydrogen) atoms. The van der Waals surface area contributed by atoms with Crippen molar-refractivity contribution in [3.05, 3.63) is 200 Å². The van der Waals surface area contributed by atoms with Crippen LogP contribution in [0.4, 0.5) is 22.7 Å². The molecular formula is C52H38N2S. The van der Waals surface area contributed by atoms with Gasteiger partial charge in [0.1, 0.15) is 0 Å². The first kappa shape index (κ1) is 32.9. The number of benzene rings is 8. The fourth-order valence-corrected chi connectivity index (χ4v) is 8.96. The van der Waals surface area contributed by atoms with Gasteiger partial charge in [0.25, 0.3) is 0 Å². The van der Waals surface area contributed by atoms with Crippen LogP contribution in [0.25, 0.3) is 69.9 Å². The van der Waals surface area contributed by atoms with E-state index in [0.29, 0.717) is 0 Å². The molecule has 0 fully saturated rings. The maximum atomic E-state index is 3.82. The highest BCUT2D eigenvalue weighted by Gasteiger charge is 2.14. The number of thiophene rings is 1. The third-order valence-corrected chi connectivity index (χ3v) is 11.8. The van der Waals surface area contributed by atoms with Crippen LogP contribution >= 0.6 is 11.3 Å². The lowest BCUT2D eigenvalue weighted by Gasteiger charge is -2.18. The van der Waals surface area contributed by atoms with Crippen LogP contribution in [0.5, 0.6) is 0 Å².